The largest absolute Gasteiger partial charge is 0.456 e. The molecule has 2 heterocycles. The maximum Gasteiger partial charge on any atom is 0.137 e. The van der Waals surface area contributed by atoms with E-state index in [2.05, 4.69) is 102 Å². The zero-order chi connectivity index (χ0) is 26.6. The van der Waals surface area contributed by atoms with Gasteiger partial charge >= 0.3 is 0 Å². The second kappa shape index (κ2) is 8.73. The number of hydrogen-bond donors (Lipinski definition) is 0. The van der Waals surface area contributed by atoms with Gasteiger partial charge in [-0.2, -0.15) is 5.26 Å². The molecule has 0 saturated heterocycles. The van der Waals surface area contributed by atoms with Gasteiger partial charge in [-0.25, -0.2) is 0 Å². The van der Waals surface area contributed by atoms with Crippen LogP contribution in [0.4, 0.5) is 0 Å². The van der Waals surface area contributed by atoms with E-state index in [1.807, 2.05) is 42.5 Å². The second-order valence-corrected chi connectivity index (χ2v) is 10.1. The van der Waals surface area contributed by atoms with Crippen LogP contribution in [-0.4, -0.2) is 4.57 Å². The van der Waals surface area contributed by atoms with E-state index in [1.165, 1.54) is 11.1 Å². The molecule has 8 rings (SSSR count). The van der Waals surface area contributed by atoms with Crippen molar-refractivity contribution in [2.75, 3.05) is 0 Å². The smallest absolute Gasteiger partial charge is 0.137 e. The van der Waals surface area contributed by atoms with Gasteiger partial charge in [-0.3, -0.25) is 0 Å². The van der Waals surface area contributed by atoms with Crippen LogP contribution in [0.15, 0.2) is 138 Å². The number of fused-ring (bicyclic) bond motifs is 6. The van der Waals surface area contributed by atoms with Crippen molar-refractivity contribution in [3.8, 4) is 34.0 Å². The van der Waals surface area contributed by atoms with E-state index in [0.29, 0.717) is 5.56 Å². The molecule has 0 bridgehead atoms. The highest BCUT2D eigenvalue weighted by Gasteiger charge is 2.16. The number of para-hydroxylation sites is 1. The zero-order valence-electron chi connectivity index (χ0n) is 21.5. The molecular weight excluding hydrogens is 488 g/mol. The summed E-state index contributed by atoms with van der Waals surface area (Å²) in [6, 6.07) is 48.5. The standard InChI is InChI=1S/C37H22N2O/c38-23-24-13-17-34-32(19-24)33-21-28(27-10-6-9-26(20-27)25-7-2-1-3-8-25)14-18-35(33)39(34)29-15-16-31-30-11-4-5-12-36(30)40-37(31)22-29/h1-22H. The third kappa shape index (κ3) is 3.44. The Morgan fingerprint density at radius 1 is 0.475 bits per heavy atom. The predicted octanol–water partition coefficient (Wildman–Crippen LogP) is 9.89. The number of furan rings is 1. The highest BCUT2D eigenvalue weighted by molar-refractivity contribution is 6.11. The first-order chi connectivity index (χ1) is 19.8. The van der Waals surface area contributed by atoms with E-state index in [-0.39, 0.29) is 0 Å². The summed E-state index contributed by atoms with van der Waals surface area (Å²) in [5.74, 6) is 0. The molecule has 2 aromatic heterocycles. The van der Waals surface area contributed by atoms with Crippen molar-refractivity contribution in [2.24, 2.45) is 0 Å². The quantitative estimate of drug-likeness (QED) is 0.237. The van der Waals surface area contributed by atoms with E-state index in [4.69, 9.17) is 4.42 Å². The van der Waals surface area contributed by atoms with Crippen molar-refractivity contribution in [1.82, 2.24) is 4.57 Å². The summed E-state index contributed by atoms with van der Waals surface area (Å²) < 4.78 is 8.49. The first-order valence-corrected chi connectivity index (χ1v) is 13.3. The van der Waals surface area contributed by atoms with E-state index in [1.54, 1.807) is 0 Å². The Morgan fingerprint density at radius 2 is 1.15 bits per heavy atom. The molecule has 0 atom stereocenters. The lowest BCUT2D eigenvalue weighted by Crippen LogP contribution is -1.93. The third-order valence-corrected chi connectivity index (χ3v) is 7.82. The van der Waals surface area contributed by atoms with Crippen molar-refractivity contribution in [3.05, 3.63) is 139 Å². The molecule has 0 N–H and O–H groups in total. The molecule has 0 radical (unpaired) electrons. The average Bonchev–Trinajstić information content (AvgIpc) is 3.56. The van der Waals surface area contributed by atoms with Crippen molar-refractivity contribution < 1.29 is 4.42 Å². The summed E-state index contributed by atoms with van der Waals surface area (Å²) >= 11 is 0. The molecule has 6 aromatic carbocycles. The fourth-order valence-corrected chi connectivity index (χ4v) is 5.91. The van der Waals surface area contributed by atoms with Gasteiger partial charge in [0.1, 0.15) is 11.2 Å². The summed E-state index contributed by atoms with van der Waals surface area (Å²) in [6.45, 7) is 0. The van der Waals surface area contributed by atoms with Crippen LogP contribution < -0.4 is 0 Å². The van der Waals surface area contributed by atoms with Gasteiger partial charge in [0.15, 0.2) is 0 Å². The van der Waals surface area contributed by atoms with Gasteiger partial charge in [-0.15, -0.1) is 0 Å². The number of hydrogen-bond acceptors (Lipinski definition) is 2. The first kappa shape index (κ1) is 22.4. The molecule has 0 fully saturated rings. The number of benzene rings is 6. The van der Waals surface area contributed by atoms with Gasteiger partial charge in [0.25, 0.3) is 0 Å². The molecule has 0 unspecified atom stereocenters. The minimum Gasteiger partial charge on any atom is -0.456 e. The Bertz CT molecular complexity index is 2280. The summed E-state index contributed by atoms with van der Waals surface area (Å²) in [7, 11) is 0. The highest BCUT2D eigenvalue weighted by Crippen LogP contribution is 2.38. The van der Waals surface area contributed by atoms with Crippen molar-refractivity contribution in [3.63, 3.8) is 0 Å². The van der Waals surface area contributed by atoms with Crippen LogP contribution in [-0.2, 0) is 0 Å². The van der Waals surface area contributed by atoms with E-state index in [0.717, 1.165) is 60.6 Å². The number of nitriles is 1. The molecule has 40 heavy (non-hydrogen) atoms. The Morgan fingerprint density at radius 3 is 2.00 bits per heavy atom. The number of aromatic nitrogens is 1. The molecular formula is C37H22N2O. The molecule has 0 aliphatic carbocycles. The fraction of sp³-hybridized carbons (Fsp3) is 0. The zero-order valence-corrected chi connectivity index (χ0v) is 21.5. The Kier molecular flexibility index (Phi) is 4.89. The van der Waals surface area contributed by atoms with Gasteiger partial charge in [0.05, 0.1) is 22.7 Å². The first-order valence-electron chi connectivity index (χ1n) is 13.3. The molecule has 3 nitrogen and oxygen atoms in total. The van der Waals surface area contributed by atoms with Crippen LogP contribution in [0.1, 0.15) is 5.56 Å². The van der Waals surface area contributed by atoms with Crippen molar-refractivity contribution in [2.45, 2.75) is 0 Å². The van der Waals surface area contributed by atoms with E-state index >= 15 is 0 Å². The summed E-state index contributed by atoms with van der Waals surface area (Å²) in [6.07, 6.45) is 0. The highest BCUT2D eigenvalue weighted by atomic mass is 16.3. The molecule has 0 aliphatic heterocycles. The Labute approximate surface area is 230 Å². The van der Waals surface area contributed by atoms with Crippen molar-refractivity contribution >= 4 is 43.7 Å². The summed E-state index contributed by atoms with van der Waals surface area (Å²) in [4.78, 5) is 0. The van der Waals surface area contributed by atoms with Crippen LogP contribution in [0.25, 0.3) is 71.7 Å². The average molecular weight is 511 g/mol. The maximum atomic E-state index is 9.68. The van der Waals surface area contributed by atoms with Gasteiger partial charge in [0.2, 0.25) is 0 Å². The molecule has 0 amide bonds. The van der Waals surface area contributed by atoms with Crippen molar-refractivity contribution in [1.29, 1.82) is 5.26 Å². The van der Waals surface area contributed by atoms with Crippen LogP contribution in [0.3, 0.4) is 0 Å². The van der Waals surface area contributed by atoms with E-state index in [9.17, 15) is 5.26 Å². The second-order valence-electron chi connectivity index (χ2n) is 10.1. The van der Waals surface area contributed by atoms with Crippen LogP contribution in [0, 0.1) is 11.3 Å². The van der Waals surface area contributed by atoms with Gasteiger partial charge < -0.3 is 8.98 Å². The SMILES string of the molecule is N#Cc1ccc2c(c1)c1cc(-c3cccc(-c4ccccc4)c3)ccc1n2-c1ccc2c(c1)oc1ccccc12. The summed E-state index contributed by atoms with van der Waals surface area (Å²) in [5.41, 5.74) is 10.2. The molecule has 0 spiro atoms. The molecule has 8 aromatic rings. The Hall–Kier alpha value is -5.59. The predicted molar refractivity (Wildman–Crippen MR) is 164 cm³/mol. The molecule has 186 valence electrons. The molecule has 0 saturated carbocycles. The molecule has 0 aliphatic rings. The lowest BCUT2D eigenvalue weighted by molar-refractivity contribution is 0.668. The minimum atomic E-state index is 0.649. The minimum absolute atomic E-state index is 0.649. The van der Waals surface area contributed by atoms with Gasteiger partial charge in [-0.05, 0) is 76.9 Å². The van der Waals surface area contributed by atoms with E-state index < -0.39 is 0 Å². The van der Waals surface area contributed by atoms with Gasteiger partial charge in [-0.1, -0.05) is 72.8 Å². The van der Waals surface area contributed by atoms with Crippen LogP contribution in [0.2, 0.25) is 0 Å². The maximum absolute atomic E-state index is 9.68. The van der Waals surface area contributed by atoms with Gasteiger partial charge in [0, 0.05) is 33.3 Å². The monoisotopic (exact) mass is 510 g/mol. The number of rotatable bonds is 3. The number of nitrogens with zero attached hydrogens (tertiary/aromatic N) is 2. The lowest BCUT2D eigenvalue weighted by atomic mass is 9.98. The topological polar surface area (TPSA) is 41.9 Å². The van der Waals surface area contributed by atoms with Crippen LogP contribution >= 0.6 is 0 Å². The third-order valence-electron chi connectivity index (χ3n) is 7.82. The summed E-state index contributed by atoms with van der Waals surface area (Å²) in [5, 5.41) is 14.1. The van der Waals surface area contributed by atoms with Crippen LogP contribution in [0.5, 0.6) is 0 Å². The molecule has 3 heteroatoms. The Balaban J connectivity index is 1.35. The fourth-order valence-electron chi connectivity index (χ4n) is 5.91. The normalized spacial score (nSPS) is 11.5. The lowest BCUT2D eigenvalue weighted by Gasteiger charge is -2.09.